The summed E-state index contributed by atoms with van der Waals surface area (Å²) < 4.78 is 0. The first-order chi connectivity index (χ1) is 8.47. The smallest absolute Gasteiger partial charge is 0.342 e. The maximum Gasteiger partial charge on any atom is 0.342 e. The number of nitro groups is 1. The molecule has 0 amide bonds. The van der Waals surface area contributed by atoms with Gasteiger partial charge in [0.2, 0.25) is 0 Å². The van der Waals surface area contributed by atoms with Crippen molar-refractivity contribution in [2.75, 3.05) is 12.4 Å². The zero-order valence-corrected chi connectivity index (χ0v) is 10.5. The van der Waals surface area contributed by atoms with Crippen LogP contribution in [0.25, 0.3) is 0 Å². The monoisotopic (exact) mass is 271 g/mol. The third-order valence-electron chi connectivity index (χ3n) is 2.25. The van der Waals surface area contributed by atoms with Gasteiger partial charge in [0, 0.05) is 12.4 Å². The van der Waals surface area contributed by atoms with Gasteiger partial charge in [-0.2, -0.15) is 0 Å². The standard InChI is InChI=1S/C11H13NO5S/c1-7(5-13)6-18-9-4-2-3-8(11(14)15)10(9)12(16)17/h2-4,7,13H,5-6H2,1H3,(H,14,15). The van der Waals surface area contributed by atoms with Crippen molar-refractivity contribution in [1.82, 2.24) is 0 Å². The van der Waals surface area contributed by atoms with Crippen molar-refractivity contribution in [1.29, 1.82) is 0 Å². The fraction of sp³-hybridized carbons (Fsp3) is 0.364. The van der Waals surface area contributed by atoms with Crippen LogP contribution in [0.3, 0.4) is 0 Å². The van der Waals surface area contributed by atoms with Gasteiger partial charge in [-0.25, -0.2) is 4.79 Å². The maximum atomic E-state index is 10.9. The van der Waals surface area contributed by atoms with Crippen LogP contribution in [-0.2, 0) is 0 Å². The van der Waals surface area contributed by atoms with Crippen LogP contribution < -0.4 is 0 Å². The Balaban J connectivity index is 3.07. The molecule has 2 N–H and O–H groups in total. The second-order valence-corrected chi connectivity index (χ2v) is 4.88. The lowest BCUT2D eigenvalue weighted by molar-refractivity contribution is -0.388. The molecule has 1 atom stereocenters. The average Bonchev–Trinajstić information content (AvgIpc) is 2.34. The lowest BCUT2D eigenvalue weighted by atomic mass is 10.2. The van der Waals surface area contributed by atoms with Crippen molar-refractivity contribution in [3.05, 3.63) is 33.9 Å². The predicted octanol–water partition coefficient (Wildman–Crippen LogP) is 2.01. The Hall–Kier alpha value is -1.60. The Morgan fingerprint density at radius 1 is 1.56 bits per heavy atom. The van der Waals surface area contributed by atoms with Crippen molar-refractivity contribution < 1.29 is 19.9 Å². The molecule has 0 radical (unpaired) electrons. The van der Waals surface area contributed by atoms with E-state index < -0.39 is 10.9 Å². The molecule has 18 heavy (non-hydrogen) atoms. The van der Waals surface area contributed by atoms with Gasteiger partial charge in [0.1, 0.15) is 5.56 Å². The van der Waals surface area contributed by atoms with E-state index in [-0.39, 0.29) is 23.8 Å². The summed E-state index contributed by atoms with van der Waals surface area (Å²) in [4.78, 5) is 21.5. The van der Waals surface area contributed by atoms with E-state index in [2.05, 4.69) is 0 Å². The van der Waals surface area contributed by atoms with Crippen LogP contribution in [0.15, 0.2) is 23.1 Å². The zero-order chi connectivity index (χ0) is 13.7. The lowest BCUT2D eigenvalue weighted by Gasteiger charge is -2.08. The van der Waals surface area contributed by atoms with Crippen LogP contribution in [0.1, 0.15) is 17.3 Å². The van der Waals surface area contributed by atoms with E-state index in [0.717, 1.165) is 0 Å². The summed E-state index contributed by atoms with van der Waals surface area (Å²) in [5.74, 6) is -0.845. The van der Waals surface area contributed by atoms with E-state index in [4.69, 9.17) is 10.2 Å². The summed E-state index contributed by atoms with van der Waals surface area (Å²) in [7, 11) is 0. The van der Waals surface area contributed by atoms with Gasteiger partial charge >= 0.3 is 5.97 Å². The fourth-order valence-corrected chi connectivity index (χ4v) is 2.35. The number of carbonyl (C=O) groups is 1. The van der Waals surface area contributed by atoms with Crippen molar-refractivity contribution in [2.45, 2.75) is 11.8 Å². The van der Waals surface area contributed by atoms with Crippen LogP contribution in [0.5, 0.6) is 0 Å². The van der Waals surface area contributed by atoms with Gasteiger partial charge < -0.3 is 10.2 Å². The average molecular weight is 271 g/mol. The number of hydrogen-bond acceptors (Lipinski definition) is 5. The van der Waals surface area contributed by atoms with Gasteiger partial charge in [0.05, 0.1) is 9.82 Å². The summed E-state index contributed by atoms with van der Waals surface area (Å²) in [6.07, 6.45) is 0. The van der Waals surface area contributed by atoms with E-state index >= 15 is 0 Å². The molecule has 6 nitrogen and oxygen atoms in total. The number of para-hydroxylation sites is 1. The summed E-state index contributed by atoms with van der Waals surface area (Å²) in [6.45, 7) is 1.79. The van der Waals surface area contributed by atoms with Crippen molar-refractivity contribution >= 4 is 23.4 Å². The highest BCUT2D eigenvalue weighted by atomic mass is 32.2. The molecule has 7 heteroatoms. The van der Waals surface area contributed by atoms with E-state index in [9.17, 15) is 14.9 Å². The molecule has 0 spiro atoms. The summed E-state index contributed by atoms with van der Waals surface area (Å²) in [5.41, 5.74) is -0.707. The van der Waals surface area contributed by atoms with Gasteiger partial charge in [-0.1, -0.05) is 13.0 Å². The topological polar surface area (TPSA) is 101 Å². The van der Waals surface area contributed by atoms with Crippen molar-refractivity contribution in [2.24, 2.45) is 5.92 Å². The molecule has 0 heterocycles. The van der Waals surface area contributed by atoms with Gasteiger partial charge in [-0.3, -0.25) is 10.1 Å². The molecule has 1 aromatic carbocycles. The van der Waals surface area contributed by atoms with E-state index in [1.165, 1.54) is 30.0 Å². The molecule has 0 aliphatic rings. The molecule has 0 aliphatic heterocycles. The number of aliphatic hydroxyl groups is 1. The number of aliphatic hydroxyl groups excluding tert-OH is 1. The lowest BCUT2D eigenvalue weighted by Crippen LogP contribution is -2.06. The molecule has 1 aromatic rings. The van der Waals surface area contributed by atoms with Gasteiger partial charge in [0.15, 0.2) is 0 Å². The molecule has 0 saturated heterocycles. The Kier molecular flexibility index (Phi) is 5.11. The summed E-state index contributed by atoms with van der Waals surface area (Å²) in [5, 5.41) is 28.7. The third kappa shape index (κ3) is 3.44. The van der Waals surface area contributed by atoms with E-state index in [1.807, 2.05) is 0 Å². The van der Waals surface area contributed by atoms with Crippen LogP contribution in [0.2, 0.25) is 0 Å². The Morgan fingerprint density at radius 2 is 2.22 bits per heavy atom. The Labute approximate surface area is 108 Å². The molecule has 0 aliphatic carbocycles. The molecule has 0 fully saturated rings. The molecule has 0 aromatic heterocycles. The molecule has 1 unspecified atom stereocenters. The van der Waals surface area contributed by atoms with Crippen LogP contribution in [-0.4, -0.2) is 33.5 Å². The molecular weight excluding hydrogens is 258 g/mol. The number of aromatic carboxylic acids is 1. The minimum atomic E-state index is -1.32. The molecule has 98 valence electrons. The Morgan fingerprint density at radius 3 is 2.72 bits per heavy atom. The first kappa shape index (κ1) is 14.5. The third-order valence-corrected chi connectivity index (χ3v) is 3.62. The second-order valence-electron chi connectivity index (χ2n) is 3.81. The molecule has 0 bridgehead atoms. The highest BCUT2D eigenvalue weighted by Crippen LogP contribution is 2.33. The van der Waals surface area contributed by atoms with Crippen LogP contribution in [0.4, 0.5) is 5.69 Å². The quantitative estimate of drug-likeness (QED) is 0.466. The number of benzene rings is 1. The van der Waals surface area contributed by atoms with E-state index in [0.29, 0.717) is 10.6 Å². The number of nitrogens with zero attached hydrogens (tertiary/aromatic N) is 1. The van der Waals surface area contributed by atoms with Crippen molar-refractivity contribution in [3.8, 4) is 0 Å². The maximum absolute atomic E-state index is 10.9. The van der Waals surface area contributed by atoms with Crippen LogP contribution >= 0.6 is 11.8 Å². The predicted molar refractivity (Wildman–Crippen MR) is 67.0 cm³/mol. The number of carboxylic acids is 1. The number of hydrogen-bond donors (Lipinski definition) is 2. The van der Waals surface area contributed by atoms with Gasteiger partial charge in [-0.05, 0) is 18.1 Å². The minimum absolute atomic E-state index is 0.0110. The zero-order valence-electron chi connectivity index (χ0n) is 9.70. The number of thioether (sulfide) groups is 1. The number of nitro benzene ring substituents is 1. The first-order valence-corrected chi connectivity index (χ1v) is 6.20. The van der Waals surface area contributed by atoms with Crippen molar-refractivity contribution in [3.63, 3.8) is 0 Å². The highest BCUT2D eigenvalue weighted by Gasteiger charge is 2.24. The van der Waals surface area contributed by atoms with E-state index in [1.54, 1.807) is 6.92 Å². The first-order valence-electron chi connectivity index (χ1n) is 5.21. The SMILES string of the molecule is CC(CO)CSc1cccc(C(=O)O)c1[N+](=O)[O-]. The summed E-state index contributed by atoms with van der Waals surface area (Å²) in [6, 6.07) is 4.20. The summed E-state index contributed by atoms with van der Waals surface area (Å²) >= 11 is 1.17. The number of carboxylic acid groups (broad SMARTS) is 1. The van der Waals surface area contributed by atoms with Gasteiger partial charge in [-0.15, -0.1) is 11.8 Å². The largest absolute Gasteiger partial charge is 0.477 e. The second kappa shape index (κ2) is 6.36. The highest BCUT2D eigenvalue weighted by molar-refractivity contribution is 7.99. The minimum Gasteiger partial charge on any atom is -0.477 e. The number of rotatable bonds is 6. The Bertz CT molecular complexity index is 463. The van der Waals surface area contributed by atoms with Gasteiger partial charge in [0.25, 0.3) is 5.69 Å². The normalized spacial score (nSPS) is 12.1. The fourth-order valence-electron chi connectivity index (χ4n) is 1.28. The van der Waals surface area contributed by atoms with Crippen LogP contribution in [0, 0.1) is 16.0 Å². The molecular formula is C11H13NO5S. The molecule has 0 saturated carbocycles. The molecule has 1 rings (SSSR count).